The van der Waals surface area contributed by atoms with Crippen molar-refractivity contribution in [1.82, 2.24) is 14.5 Å². The first kappa shape index (κ1) is 23.2. The lowest BCUT2D eigenvalue weighted by Gasteiger charge is -2.12. The molecule has 174 valence electrons. The van der Waals surface area contributed by atoms with Gasteiger partial charge in [0, 0.05) is 23.5 Å². The summed E-state index contributed by atoms with van der Waals surface area (Å²) in [7, 11) is 0. The Bertz CT molecular complexity index is 1430. The molecule has 10 heteroatoms. The van der Waals surface area contributed by atoms with Crippen molar-refractivity contribution in [2.45, 2.75) is 26.8 Å². The smallest absolute Gasteiger partial charge is 0.323 e. The Hall–Kier alpha value is -3.98. The minimum Gasteiger partial charge on any atom is -0.383 e. The Balaban J connectivity index is 1.65. The zero-order valence-electron chi connectivity index (χ0n) is 18.7. The zero-order valence-corrected chi connectivity index (χ0v) is 19.4. The molecule has 0 atom stereocenters. The van der Waals surface area contributed by atoms with E-state index in [1.807, 2.05) is 18.4 Å². The summed E-state index contributed by atoms with van der Waals surface area (Å²) in [4.78, 5) is 34.3. The summed E-state index contributed by atoms with van der Waals surface area (Å²) >= 11 is 6.51. The van der Waals surface area contributed by atoms with Gasteiger partial charge in [-0.15, -0.1) is 0 Å². The van der Waals surface area contributed by atoms with E-state index in [0.29, 0.717) is 22.2 Å². The molecule has 0 aliphatic carbocycles. The Morgan fingerprint density at radius 3 is 2.59 bits per heavy atom. The average Bonchev–Trinajstić information content (AvgIpc) is 3.19. The van der Waals surface area contributed by atoms with Crippen molar-refractivity contribution in [3.63, 3.8) is 0 Å². The molecule has 8 nitrogen and oxygen atoms in total. The molecule has 2 amide bonds. The quantitative estimate of drug-likeness (QED) is 0.323. The van der Waals surface area contributed by atoms with E-state index >= 15 is 0 Å². The van der Waals surface area contributed by atoms with Crippen LogP contribution >= 0.6 is 11.6 Å². The molecule has 0 radical (unpaired) electrons. The Morgan fingerprint density at radius 1 is 1.12 bits per heavy atom. The van der Waals surface area contributed by atoms with E-state index in [0.717, 1.165) is 0 Å². The lowest BCUT2D eigenvalue weighted by atomic mass is 10.0. The van der Waals surface area contributed by atoms with Gasteiger partial charge in [-0.05, 0) is 50.6 Å². The highest BCUT2D eigenvalue weighted by Crippen LogP contribution is 2.32. The molecule has 0 aliphatic heterocycles. The highest BCUT2D eigenvalue weighted by atomic mass is 35.5. The van der Waals surface area contributed by atoms with Crippen molar-refractivity contribution in [2.75, 3.05) is 16.4 Å². The van der Waals surface area contributed by atoms with Crippen LogP contribution in [0, 0.1) is 12.7 Å². The summed E-state index contributed by atoms with van der Waals surface area (Å²) < 4.78 is 15.6. The van der Waals surface area contributed by atoms with Crippen molar-refractivity contribution in [1.29, 1.82) is 0 Å². The number of ketones is 1. The fourth-order valence-corrected chi connectivity index (χ4v) is 3.84. The number of nitrogens with zero attached hydrogens (tertiary/aromatic N) is 3. The third-order valence-corrected chi connectivity index (χ3v) is 5.77. The maximum atomic E-state index is 13.8. The molecule has 0 saturated heterocycles. The number of halogens is 2. The van der Waals surface area contributed by atoms with Crippen LogP contribution in [-0.2, 0) is 0 Å². The monoisotopic (exact) mass is 480 g/mol. The minimum atomic E-state index is -0.635. The molecule has 0 spiro atoms. The fourth-order valence-electron chi connectivity index (χ4n) is 3.58. The Morgan fingerprint density at radius 2 is 1.88 bits per heavy atom. The summed E-state index contributed by atoms with van der Waals surface area (Å²) in [6.45, 7) is 5.55. The van der Waals surface area contributed by atoms with Crippen molar-refractivity contribution in [3.8, 4) is 0 Å². The molecule has 0 aliphatic rings. The van der Waals surface area contributed by atoms with Crippen molar-refractivity contribution >= 4 is 51.6 Å². The first-order valence-electron chi connectivity index (χ1n) is 10.5. The lowest BCUT2D eigenvalue weighted by molar-refractivity contribution is 0.104. The van der Waals surface area contributed by atoms with Crippen LogP contribution in [0.3, 0.4) is 0 Å². The molecule has 0 bridgehead atoms. The average molecular weight is 481 g/mol. The van der Waals surface area contributed by atoms with E-state index in [4.69, 9.17) is 17.3 Å². The SMILES string of the molecule is Cc1ccc(NC(=O)Nc2cccc(C(=O)c3cn(C(C)C)c4ncnc(N)c34)c2Cl)cc1F. The van der Waals surface area contributed by atoms with Gasteiger partial charge in [-0.25, -0.2) is 19.2 Å². The normalized spacial score (nSPS) is 11.1. The second kappa shape index (κ2) is 9.11. The Kier molecular flexibility index (Phi) is 6.21. The van der Waals surface area contributed by atoms with Gasteiger partial charge < -0.3 is 20.9 Å². The van der Waals surface area contributed by atoms with Crippen LogP contribution < -0.4 is 16.4 Å². The number of rotatable bonds is 5. The van der Waals surface area contributed by atoms with Crippen molar-refractivity contribution < 1.29 is 14.0 Å². The molecular weight excluding hydrogens is 459 g/mol. The van der Waals surface area contributed by atoms with Crippen molar-refractivity contribution in [2.24, 2.45) is 0 Å². The topological polar surface area (TPSA) is 115 Å². The van der Waals surface area contributed by atoms with Gasteiger partial charge in [-0.3, -0.25) is 4.79 Å². The lowest BCUT2D eigenvalue weighted by Crippen LogP contribution is -2.20. The third-order valence-electron chi connectivity index (χ3n) is 5.36. The molecule has 0 fully saturated rings. The molecule has 2 aromatic carbocycles. The number of carbonyl (C=O) groups is 2. The number of hydrogen-bond donors (Lipinski definition) is 3. The number of fused-ring (bicyclic) bond motifs is 1. The van der Waals surface area contributed by atoms with Gasteiger partial charge in [0.2, 0.25) is 0 Å². The number of carbonyl (C=O) groups excluding carboxylic acids is 2. The van der Waals surface area contributed by atoms with Crippen LogP contribution in [0.1, 0.15) is 41.4 Å². The number of urea groups is 1. The fraction of sp³-hybridized carbons (Fsp3) is 0.167. The summed E-state index contributed by atoms with van der Waals surface area (Å²) in [6.07, 6.45) is 3.03. The molecule has 34 heavy (non-hydrogen) atoms. The number of benzene rings is 2. The third kappa shape index (κ3) is 4.29. The second-order valence-corrected chi connectivity index (χ2v) is 8.42. The molecule has 4 rings (SSSR count). The van der Waals surface area contributed by atoms with Gasteiger partial charge in [-0.1, -0.05) is 23.7 Å². The van der Waals surface area contributed by atoms with Crippen LogP contribution in [0.15, 0.2) is 48.9 Å². The molecule has 0 saturated carbocycles. The maximum Gasteiger partial charge on any atom is 0.323 e. The van der Waals surface area contributed by atoms with Gasteiger partial charge in [0.05, 0.1) is 21.7 Å². The standard InChI is InChI=1S/C24H22ClFN6O2/c1-12(2)32-10-16(19-22(27)28-11-29-23(19)32)21(33)15-5-4-6-18(20(15)25)31-24(34)30-14-8-7-13(3)17(26)9-14/h4-12H,1-3H3,(H2,27,28,29)(H2,30,31,34). The summed E-state index contributed by atoms with van der Waals surface area (Å²) in [6, 6.07) is 8.46. The van der Waals surface area contributed by atoms with Crippen molar-refractivity contribution in [3.05, 3.63) is 76.5 Å². The first-order chi connectivity index (χ1) is 16.2. The predicted octanol–water partition coefficient (Wildman–Crippen LogP) is 5.57. The number of nitrogen functional groups attached to an aromatic ring is 1. The molecule has 4 N–H and O–H groups in total. The predicted molar refractivity (Wildman–Crippen MR) is 131 cm³/mol. The zero-order chi connectivity index (χ0) is 24.6. The molecule has 2 aromatic heterocycles. The minimum absolute atomic E-state index is 0.0251. The highest BCUT2D eigenvalue weighted by Gasteiger charge is 2.24. The number of anilines is 3. The summed E-state index contributed by atoms with van der Waals surface area (Å²) in [5.41, 5.74) is 8.05. The van der Waals surface area contributed by atoms with E-state index in [9.17, 15) is 14.0 Å². The van der Waals surface area contributed by atoms with Gasteiger partial charge in [-0.2, -0.15) is 0 Å². The van der Waals surface area contributed by atoms with E-state index in [-0.39, 0.29) is 39.6 Å². The summed E-state index contributed by atoms with van der Waals surface area (Å²) in [5.74, 6) is -0.643. The molecular formula is C24H22ClFN6O2. The number of hydrogen-bond acceptors (Lipinski definition) is 5. The van der Waals surface area contributed by atoms with Crippen LogP contribution in [0.25, 0.3) is 11.0 Å². The van der Waals surface area contributed by atoms with Gasteiger partial charge in [0.15, 0.2) is 5.78 Å². The molecule has 0 unspecified atom stereocenters. The largest absolute Gasteiger partial charge is 0.383 e. The van der Waals surface area contributed by atoms with E-state index < -0.39 is 11.8 Å². The van der Waals surface area contributed by atoms with E-state index in [1.165, 1.54) is 12.4 Å². The first-order valence-corrected chi connectivity index (χ1v) is 10.8. The van der Waals surface area contributed by atoms with Crippen LogP contribution in [0.5, 0.6) is 0 Å². The summed E-state index contributed by atoms with van der Waals surface area (Å²) in [5, 5.41) is 5.64. The van der Waals surface area contributed by atoms with Crippen LogP contribution in [0.4, 0.5) is 26.4 Å². The second-order valence-electron chi connectivity index (χ2n) is 8.04. The van der Waals surface area contributed by atoms with Gasteiger partial charge in [0.1, 0.15) is 23.6 Å². The van der Waals surface area contributed by atoms with Gasteiger partial charge >= 0.3 is 6.03 Å². The molecule has 2 heterocycles. The maximum absolute atomic E-state index is 13.8. The number of aromatic nitrogens is 3. The number of amides is 2. The number of aryl methyl sites for hydroxylation is 1. The van der Waals surface area contributed by atoms with Gasteiger partial charge in [0.25, 0.3) is 0 Å². The van der Waals surface area contributed by atoms with E-state index in [1.54, 1.807) is 43.5 Å². The Labute approximate surface area is 200 Å². The number of nitrogens with one attached hydrogen (secondary N) is 2. The highest BCUT2D eigenvalue weighted by molar-refractivity contribution is 6.38. The number of nitrogens with two attached hydrogens (primary N) is 1. The van der Waals surface area contributed by atoms with E-state index in [2.05, 4.69) is 20.6 Å². The van der Waals surface area contributed by atoms with Crippen LogP contribution in [-0.4, -0.2) is 26.3 Å². The molecule has 4 aromatic rings. The van der Waals surface area contributed by atoms with Crippen LogP contribution in [0.2, 0.25) is 5.02 Å².